The van der Waals surface area contributed by atoms with Gasteiger partial charge in [-0.3, -0.25) is 9.58 Å². The van der Waals surface area contributed by atoms with Crippen molar-refractivity contribution in [2.45, 2.75) is 6.54 Å². The van der Waals surface area contributed by atoms with Crippen LogP contribution in [0.4, 0.5) is 5.82 Å². The van der Waals surface area contributed by atoms with Gasteiger partial charge in [-0.05, 0) is 23.6 Å². The Balaban J connectivity index is 1.32. The summed E-state index contributed by atoms with van der Waals surface area (Å²) in [6.07, 6.45) is 1.93. The number of hydrogen-bond donors (Lipinski definition) is 0. The van der Waals surface area contributed by atoms with E-state index in [1.165, 1.54) is 26.7 Å². The number of fused-ring (bicyclic) bond motifs is 2. The average molecular weight is 363 g/mol. The van der Waals surface area contributed by atoms with Gasteiger partial charge >= 0.3 is 0 Å². The first-order chi connectivity index (χ1) is 12.8. The van der Waals surface area contributed by atoms with Gasteiger partial charge in [0.05, 0.1) is 11.2 Å². The number of aromatic nitrogens is 3. The Morgan fingerprint density at radius 2 is 1.85 bits per heavy atom. The molecule has 6 heteroatoms. The van der Waals surface area contributed by atoms with Crippen molar-refractivity contribution in [3.05, 3.63) is 53.7 Å². The van der Waals surface area contributed by atoms with Crippen molar-refractivity contribution in [1.29, 1.82) is 0 Å². The van der Waals surface area contributed by atoms with E-state index >= 15 is 0 Å². The predicted octanol–water partition coefficient (Wildman–Crippen LogP) is 3.51. The van der Waals surface area contributed by atoms with Crippen LogP contribution in [0.5, 0.6) is 0 Å². The minimum Gasteiger partial charge on any atom is -0.354 e. The third-order valence-corrected chi connectivity index (χ3v) is 6.12. The molecule has 0 saturated carbocycles. The molecule has 1 fully saturated rings. The highest BCUT2D eigenvalue weighted by Gasteiger charge is 2.21. The van der Waals surface area contributed by atoms with E-state index in [-0.39, 0.29) is 0 Å². The van der Waals surface area contributed by atoms with Crippen LogP contribution in [0, 0.1) is 0 Å². The summed E-state index contributed by atoms with van der Waals surface area (Å²) in [5, 5.41) is 9.44. The van der Waals surface area contributed by atoms with Crippen LogP contribution in [0.3, 0.4) is 0 Å². The fourth-order valence-corrected chi connectivity index (χ4v) is 4.64. The Hall–Kier alpha value is -2.44. The molecule has 0 unspecified atom stereocenters. The molecule has 5 nitrogen and oxygen atoms in total. The van der Waals surface area contributed by atoms with Gasteiger partial charge in [-0.25, -0.2) is 4.98 Å². The normalized spacial score (nSPS) is 16.0. The highest BCUT2D eigenvalue weighted by molar-refractivity contribution is 7.17. The summed E-state index contributed by atoms with van der Waals surface area (Å²) < 4.78 is 3.31. The Labute approximate surface area is 156 Å². The fraction of sp³-hybridized carbons (Fsp3) is 0.300. The van der Waals surface area contributed by atoms with E-state index in [1.54, 1.807) is 11.3 Å². The lowest BCUT2D eigenvalue weighted by Gasteiger charge is -2.35. The number of thiophene rings is 1. The topological polar surface area (TPSA) is 37.2 Å². The minimum atomic E-state index is 0.908. The van der Waals surface area contributed by atoms with Crippen molar-refractivity contribution in [2.75, 3.05) is 31.1 Å². The van der Waals surface area contributed by atoms with Crippen LogP contribution in [0.25, 0.3) is 21.0 Å². The van der Waals surface area contributed by atoms with Crippen molar-refractivity contribution in [2.24, 2.45) is 7.05 Å². The number of hydrogen-bond acceptors (Lipinski definition) is 5. The van der Waals surface area contributed by atoms with E-state index < -0.39 is 0 Å². The lowest BCUT2D eigenvalue weighted by Crippen LogP contribution is -2.46. The number of aryl methyl sites for hydroxylation is 1. The zero-order valence-corrected chi connectivity index (χ0v) is 15.6. The van der Waals surface area contributed by atoms with E-state index in [0.29, 0.717) is 0 Å². The average Bonchev–Trinajstić information content (AvgIpc) is 3.28. The van der Waals surface area contributed by atoms with Crippen LogP contribution in [0.15, 0.2) is 48.0 Å². The zero-order valence-electron chi connectivity index (χ0n) is 14.8. The van der Waals surface area contributed by atoms with E-state index in [2.05, 4.69) is 56.6 Å². The van der Waals surface area contributed by atoms with E-state index in [1.807, 2.05) is 17.9 Å². The number of benzene rings is 1. The molecule has 132 valence electrons. The van der Waals surface area contributed by atoms with Gasteiger partial charge in [0.15, 0.2) is 0 Å². The van der Waals surface area contributed by atoms with Crippen LogP contribution in [-0.2, 0) is 13.6 Å². The van der Waals surface area contributed by atoms with Crippen molar-refractivity contribution in [1.82, 2.24) is 19.7 Å². The molecule has 4 heterocycles. The number of nitrogens with zero attached hydrogens (tertiary/aromatic N) is 5. The number of rotatable bonds is 3. The van der Waals surface area contributed by atoms with Crippen LogP contribution in [0.2, 0.25) is 0 Å². The molecule has 0 radical (unpaired) electrons. The summed E-state index contributed by atoms with van der Waals surface area (Å²) in [4.78, 5) is 9.57. The summed E-state index contributed by atoms with van der Waals surface area (Å²) in [6.45, 7) is 4.99. The van der Waals surface area contributed by atoms with Gasteiger partial charge in [0.25, 0.3) is 0 Å². The molecule has 5 rings (SSSR count). The van der Waals surface area contributed by atoms with Gasteiger partial charge in [-0.2, -0.15) is 5.10 Å². The molecular weight excluding hydrogens is 342 g/mol. The molecule has 4 aromatic rings. The maximum absolute atomic E-state index is 4.75. The van der Waals surface area contributed by atoms with Gasteiger partial charge in [-0.1, -0.05) is 18.2 Å². The largest absolute Gasteiger partial charge is 0.354 e. The van der Waals surface area contributed by atoms with Crippen LogP contribution in [0.1, 0.15) is 5.69 Å². The van der Waals surface area contributed by atoms with E-state index in [0.717, 1.165) is 38.5 Å². The highest BCUT2D eigenvalue weighted by Crippen LogP contribution is 2.29. The second-order valence-electron chi connectivity index (χ2n) is 6.82. The van der Waals surface area contributed by atoms with Crippen LogP contribution < -0.4 is 4.90 Å². The molecule has 0 bridgehead atoms. The van der Waals surface area contributed by atoms with Crippen molar-refractivity contribution < 1.29 is 0 Å². The second-order valence-corrected chi connectivity index (χ2v) is 7.77. The smallest absolute Gasteiger partial charge is 0.137 e. The first-order valence-corrected chi connectivity index (χ1v) is 9.88. The first-order valence-electron chi connectivity index (χ1n) is 9.00. The molecule has 0 aliphatic carbocycles. The maximum Gasteiger partial charge on any atom is 0.137 e. The third kappa shape index (κ3) is 2.66. The van der Waals surface area contributed by atoms with Crippen molar-refractivity contribution in [3.8, 4) is 0 Å². The van der Waals surface area contributed by atoms with Gasteiger partial charge in [0.1, 0.15) is 5.82 Å². The Bertz CT molecular complexity index is 1060. The lowest BCUT2D eigenvalue weighted by molar-refractivity contribution is 0.247. The summed E-state index contributed by atoms with van der Waals surface area (Å²) in [7, 11) is 2.02. The first kappa shape index (κ1) is 15.8. The summed E-state index contributed by atoms with van der Waals surface area (Å²) in [6, 6.07) is 12.8. The van der Waals surface area contributed by atoms with Gasteiger partial charge in [0.2, 0.25) is 0 Å². The van der Waals surface area contributed by atoms with Crippen molar-refractivity contribution in [3.63, 3.8) is 0 Å². The second kappa shape index (κ2) is 6.37. The van der Waals surface area contributed by atoms with E-state index in [9.17, 15) is 0 Å². The lowest BCUT2D eigenvalue weighted by atomic mass is 10.2. The summed E-state index contributed by atoms with van der Waals surface area (Å²) in [5.74, 6) is 1.13. The molecule has 1 aliphatic rings. The molecule has 0 spiro atoms. The predicted molar refractivity (Wildman–Crippen MR) is 108 cm³/mol. The molecule has 1 aliphatic heterocycles. The molecule has 1 aromatic carbocycles. The monoisotopic (exact) mass is 363 g/mol. The fourth-order valence-electron chi connectivity index (χ4n) is 3.87. The number of piperazine rings is 1. The SMILES string of the molecule is Cn1nc(CN2CCN(c3nccc4sccc34)CC2)c2ccccc21. The Morgan fingerprint density at radius 3 is 2.73 bits per heavy atom. The molecule has 26 heavy (non-hydrogen) atoms. The van der Waals surface area contributed by atoms with E-state index in [4.69, 9.17) is 5.10 Å². The van der Waals surface area contributed by atoms with Crippen molar-refractivity contribution >= 4 is 38.1 Å². The molecule has 0 atom stereocenters. The number of para-hydroxylation sites is 1. The van der Waals surface area contributed by atoms with Crippen LogP contribution in [-0.4, -0.2) is 45.8 Å². The molecule has 3 aromatic heterocycles. The summed E-state index contributed by atoms with van der Waals surface area (Å²) >= 11 is 1.78. The molecule has 0 N–H and O–H groups in total. The maximum atomic E-state index is 4.75. The van der Waals surface area contributed by atoms with Gasteiger partial charge < -0.3 is 4.90 Å². The van der Waals surface area contributed by atoms with Gasteiger partial charge in [-0.15, -0.1) is 11.3 Å². The Kier molecular flexibility index (Phi) is 3.87. The van der Waals surface area contributed by atoms with Crippen LogP contribution >= 0.6 is 11.3 Å². The zero-order chi connectivity index (χ0) is 17.5. The molecule has 0 amide bonds. The third-order valence-electron chi connectivity index (χ3n) is 5.24. The summed E-state index contributed by atoms with van der Waals surface area (Å²) in [5.41, 5.74) is 2.38. The molecular formula is C20H21N5S. The Morgan fingerprint density at radius 1 is 1.00 bits per heavy atom. The number of pyridine rings is 1. The number of anilines is 1. The minimum absolute atomic E-state index is 0.908. The standard InChI is InChI=1S/C20H21N5S/c1-23-18-5-3-2-4-15(18)17(22-23)14-24-9-11-25(12-10-24)20-16-7-13-26-19(16)6-8-21-20/h2-8,13H,9-12,14H2,1H3. The molecule has 1 saturated heterocycles. The highest BCUT2D eigenvalue weighted by atomic mass is 32.1. The van der Waals surface area contributed by atoms with Gasteiger partial charge in [0, 0.05) is 61.4 Å². The quantitative estimate of drug-likeness (QED) is 0.558.